The number of nitrogens with one attached hydrogen (secondary N) is 1. The summed E-state index contributed by atoms with van der Waals surface area (Å²) in [6.07, 6.45) is 0. The van der Waals surface area contributed by atoms with Gasteiger partial charge in [0.15, 0.2) is 0 Å². The molecule has 1 unspecified atom stereocenters. The Morgan fingerprint density at radius 2 is 1.90 bits per heavy atom. The zero-order valence-electron chi connectivity index (χ0n) is 11.6. The molecule has 2 aromatic rings. The number of halogens is 1. The molecule has 4 heteroatoms. The third-order valence-corrected chi connectivity index (χ3v) is 3.72. The minimum Gasteiger partial charge on any atom is -0.496 e. The van der Waals surface area contributed by atoms with Crippen molar-refractivity contribution in [3.8, 4) is 5.75 Å². The molecule has 0 aliphatic carbocycles. The van der Waals surface area contributed by atoms with Crippen LogP contribution < -0.4 is 10.1 Å². The summed E-state index contributed by atoms with van der Waals surface area (Å²) in [6, 6.07) is 13.7. The second-order valence-electron chi connectivity index (χ2n) is 4.62. The van der Waals surface area contributed by atoms with E-state index in [1.165, 1.54) is 0 Å². The van der Waals surface area contributed by atoms with Crippen LogP contribution in [0.3, 0.4) is 0 Å². The molecule has 3 nitrogen and oxygen atoms in total. The van der Waals surface area contributed by atoms with Crippen molar-refractivity contribution in [2.24, 2.45) is 0 Å². The van der Waals surface area contributed by atoms with E-state index in [0.717, 1.165) is 27.0 Å². The topological polar surface area (TPSA) is 41.5 Å². The molecule has 0 saturated heterocycles. The maximum absolute atomic E-state index is 9.61. The maximum atomic E-state index is 9.61. The summed E-state index contributed by atoms with van der Waals surface area (Å²) in [4.78, 5) is 0. The third kappa shape index (κ3) is 3.52. The first kappa shape index (κ1) is 14.9. The number of ether oxygens (including phenoxy) is 1. The second kappa shape index (κ2) is 6.77. The molecular formula is C16H18BrNO2. The van der Waals surface area contributed by atoms with Gasteiger partial charge in [-0.15, -0.1) is 0 Å². The quantitative estimate of drug-likeness (QED) is 0.870. The van der Waals surface area contributed by atoms with Gasteiger partial charge in [0, 0.05) is 10.2 Å². The number of methoxy groups -OCH3 is 1. The van der Waals surface area contributed by atoms with Gasteiger partial charge in [-0.3, -0.25) is 0 Å². The molecular weight excluding hydrogens is 318 g/mol. The van der Waals surface area contributed by atoms with Crippen LogP contribution in [0.2, 0.25) is 0 Å². The molecule has 0 amide bonds. The summed E-state index contributed by atoms with van der Waals surface area (Å²) in [5.41, 5.74) is 3.07. The van der Waals surface area contributed by atoms with Crippen LogP contribution in [0.15, 0.2) is 46.9 Å². The highest BCUT2D eigenvalue weighted by Gasteiger charge is 2.11. The molecule has 0 fully saturated rings. The first-order valence-corrected chi connectivity index (χ1v) is 7.21. The number of rotatable bonds is 5. The predicted octanol–water partition coefficient (Wildman–Crippen LogP) is 3.91. The Morgan fingerprint density at radius 3 is 2.45 bits per heavy atom. The minimum absolute atomic E-state index is 0.0296. The molecule has 0 radical (unpaired) electrons. The fourth-order valence-corrected chi connectivity index (χ4v) is 2.36. The van der Waals surface area contributed by atoms with Crippen molar-refractivity contribution in [2.45, 2.75) is 13.0 Å². The van der Waals surface area contributed by atoms with Crippen LogP contribution >= 0.6 is 15.9 Å². The lowest BCUT2D eigenvalue weighted by molar-refractivity contribution is 0.276. The fourth-order valence-electron chi connectivity index (χ4n) is 2.10. The number of hydrogen-bond acceptors (Lipinski definition) is 3. The fraction of sp³-hybridized carbons (Fsp3) is 0.250. The molecule has 0 heterocycles. The summed E-state index contributed by atoms with van der Waals surface area (Å²) >= 11 is 3.41. The molecule has 0 saturated carbocycles. The Kier molecular flexibility index (Phi) is 5.04. The van der Waals surface area contributed by atoms with Gasteiger partial charge in [0.1, 0.15) is 5.75 Å². The smallest absolute Gasteiger partial charge is 0.121 e. The van der Waals surface area contributed by atoms with Crippen molar-refractivity contribution in [3.05, 3.63) is 58.1 Å². The summed E-state index contributed by atoms with van der Waals surface area (Å²) in [6.45, 7) is 2.03. The van der Waals surface area contributed by atoms with Crippen molar-refractivity contribution in [1.82, 2.24) is 0 Å². The van der Waals surface area contributed by atoms with Gasteiger partial charge in [-0.2, -0.15) is 0 Å². The molecule has 0 aromatic heterocycles. The Bertz CT molecular complexity index is 569. The number of benzene rings is 2. The number of aliphatic hydroxyl groups excluding tert-OH is 1. The predicted molar refractivity (Wildman–Crippen MR) is 85.3 cm³/mol. The van der Waals surface area contributed by atoms with Crippen molar-refractivity contribution >= 4 is 21.6 Å². The lowest BCUT2D eigenvalue weighted by Crippen LogP contribution is -2.15. The highest BCUT2D eigenvalue weighted by molar-refractivity contribution is 9.10. The van der Waals surface area contributed by atoms with Gasteiger partial charge >= 0.3 is 0 Å². The van der Waals surface area contributed by atoms with E-state index in [1.807, 2.05) is 49.4 Å². The van der Waals surface area contributed by atoms with E-state index >= 15 is 0 Å². The maximum Gasteiger partial charge on any atom is 0.121 e. The molecule has 2 aromatic carbocycles. The second-order valence-corrected chi connectivity index (χ2v) is 5.53. The van der Waals surface area contributed by atoms with E-state index in [-0.39, 0.29) is 12.6 Å². The van der Waals surface area contributed by atoms with Crippen molar-refractivity contribution in [3.63, 3.8) is 0 Å². The highest BCUT2D eigenvalue weighted by atomic mass is 79.9. The standard InChI is InChI=1S/C16H18BrNO2/c1-11-9-12(3-8-16(11)20-2)15(10-19)18-14-6-4-13(17)5-7-14/h3-9,15,18-19H,10H2,1-2H3. The molecule has 1 atom stereocenters. The number of aliphatic hydroxyl groups is 1. The molecule has 2 N–H and O–H groups in total. The van der Waals surface area contributed by atoms with Crippen LogP contribution in [0.5, 0.6) is 5.75 Å². The summed E-state index contributed by atoms with van der Waals surface area (Å²) < 4.78 is 6.29. The lowest BCUT2D eigenvalue weighted by Gasteiger charge is -2.19. The Morgan fingerprint density at radius 1 is 1.20 bits per heavy atom. The minimum atomic E-state index is -0.138. The molecule has 0 aliphatic heterocycles. The van der Waals surface area contributed by atoms with Gasteiger partial charge in [0.25, 0.3) is 0 Å². The van der Waals surface area contributed by atoms with Crippen molar-refractivity contribution in [1.29, 1.82) is 0 Å². The first-order chi connectivity index (χ1) is 9.63. The van der Waals surface area contributed by atoms with Gasteiger partial charge in [-0.05, 0) is 48.4 Å². The van der Waals surface area contributed by atoms with Crippen LogP contribution in [0.25, 0.3) is 0 Å². The third-order valence-electron chi connectivity index (χ3n) is 3.19. The van der Waals surface area contributed by atoms with E-state index in [9.17, 15) is 5.11 Å². The highest BCUT2D eigenvalue weighted by Crippen LogP contribution is 2.25. The largest absolute Gasteiger partial charge is 0.496 e. The van der Waals surface area contributed by atoms with Gasteiger partial charge in [-0.25, -0.2) is 0 Å². The van der Waals surface area contributed by atoms with Crippen LogP contribution in [0, 0.1) is 6.92 Å². The van der Waals surface area contributed by atoms with Crippen molar-refractivity contribution < 1.29 is 9.84 Å². The lowest BCUT2D eigenvalue weighted by atomic mass is 10.0. The Labute approximate surface area is 127 Å². The number of aryl methyl sites for hydroxylation is 1. The van der Waals surface area contributed by atoms with Gasteiger partial charge < -0.3 is 15.2 Å². The summed E-state index contributed by atoms with van der Waals surface area (Å²) in [5.74, 6) is 0.856. The van der Waals surface area contributed by atoms with E-state index < -0.39 is 0 Å². The van der Waals surface area contributed by atoms with E-state index in [2.05, 4.69) is 21.2 Å². The van der Waals surface area contributed by atoms with Crippen LogP contribution in [0.1, 0.15) is 17.2 Å². The van der Waals surface area contributed by atoms with Crippen LogP contribution in [-0.2, 0) is 0 Å². The van der Waals surface area contributed by atoms with Gasteiger partial charge in [0.2, 0.25) is 0 Å². The Balaban J connectivity index is 2.19. The Hall–Kier alpha value is -1.52. The summed E-state index contributed by atoms with van der Waals surface area (Å²) in [5, 5.41) is 12.9. The first-order valence-electron chi connectivity index (χ1n) is 6.41. The normalized spacial score (nSPS) is 12.0. The zero-order chi connectivity index (χ0) is 14.5. The molecule has 2 rings (SSSR count). The van der Waals surface area contributed by atoms with Crippen LogP contribution in [-0.4, -0.2) is 18.8 Å². The number of anilines is 1. The van der Waals surface area contributed by atoms with E-state index in [1.54, 1.807) is 7.11 Å². The zero-order valence-corrected chi connectivity index (χ0v) is 13.1. The summed E-state index contributed by atoms with van der Waals surface area (Å²) in [7, 11) is 1.66. The number of hydrogen-bond donors (Lipinski definition) is 2. The molecule has 20 heavy (non-hydrogen) atoms. The van der Waals surface area contributed by atoms with Gasteiger partial charge in [0.05, 0.1) is 19.8 Å². The molecule has 0 bridgehead atoms. The molecule has 0 aliphatic rings. The van der Waals surface area contributed by atoms with Crippen molar-refractivity contribution in [2.75, 3.05) is 19.0 Å². The van der Waals surface area contributed by atoms with Crippen LogP contribution in [0.4, 0.5) is 5.69 Å². The average molecular weight is 336 g/mol. The van der Waals surface area contributed by atoms with E-state index in [0.29, 0.717) is 0 Å². The monoisotopic (exact) mass is 335 g/mol. The molecule has 0 spiro atoms. The van der Waals surface area contributed by atoms with Gasteiger partial charge in [-0.1, -0.05) is 28.1 Å². The average Bonchev–Trinajstić information content (AvgIpc) is 2.46. The van der Waals surface area contributed by atoms with E-state index in [4.69, 9.17) is 4.74 Å². The molecule has 106 valence electrons. The SMILES string of the molecule is COc1ccc(C(CO)Nc2ccc(Br)cc2)cc1C.